The van der Waals surface area contributed by atoms with Crippen LogP contribution in [0.25, 0.3) is 0 Å². The van der Waals surface area contributed by atoms with Gasteiger partial charge < -0.3 is 19.3 Å². The molecular formula is C13H18O5. The molecule has 0 bridgehead atoms. The fraction of sp³-hybridized carbons (Fsp3) is 0.462. The number of carbonyl (C=O) groups excluding carboxylic acids is 1. The van der Waals surface area contributed by atoms with Gasteiger partial charge in [-0.25, -0.2) is 0 Å². The number of hydrogen-bond acceptors (Lipinski definition) is 5. The van der Waals surface area contributed by atoms with Crippen molar-refractivity contribution in [2.45, 2.75) is 12.8 Å². The van der Waals surface area contributed by atoms with E-state index in [0.29, 0.717) is 11.5 Å². The topological polar surface area (TPSA) is 65.0 Å². The van der Waals surface area contributed by atoms with Crippen LogP contribution in [0, 0.1) is 0 Å². The van der Waals surface area contributed by atoms with E-state index in [1.165, 1.54) is 6.92 Å². The summed E-state index contributed by atoms with van der Waals surface area (Å²) in [7, 11) is 3.11. The van der Waals surface area contributed by atoms with Crippen molar-refractivity contribution in [3.63, 3.8) is 0 Å². The molecule has 1 rings (SSSR count). The number of benzene rings is 1. The quantitative estimate of drug-likeness (QED) is 0.776. The van der Waals surface area contributed by atoms with Crippen LogP contribution in [0.2, 0.25) is 0 Å². The fourth-order valence-electron chi connectivity index (χ4n) is 1.61. The summed E-state index contributed by atoms with van der Waals surface area (Å²) in [6, 6.07) is 5.29. The molecule has 0 amide bonds. The average molecular weight is 254 g/mol. The Balaban J connectivity index is 2.93. The average Bonchev–Trinajstić information content (AvgIpc) is 2.39. The first-order chi connectivity index (χ1) is 8.62. The standard InChI is InChI=1S/C13H18O5/c1-9(15)18-8-10(7-14)12-5-4-11(16-2)6-13(12)17-3/h4-6,10,14H,7-8H2,1-3H3/t10-/m0/s1. The SMILES string of the molecule is COc1ccc([C@@H](CO)COC(C)=O)c(OC)c1. The highest BCUT2D eigenvalue weighted by atomic mass is 16.5. The second-order valence-corrected chi connectivity index (χ2v) is 3.79. The van der Waals surface area contributed by atoms with Crippen molar-refractivity contribution in [3.8, 4) is 11.5 Å². The Morgan fingerprint density at radius 1 is 1.33 bits per heavy atom. The summed E-state index contributed by atoms with van der Waals surface area (Å²) in [5, 5.41) is 9.36. The van der Waals surface area contributed by atoms with Gasteiger partial charge in [-0.15, -0.1) is 0 Å². The Labute approximate surface area is 106 Å². The number of hydrogen-bond donors (Lipinski definition) is 1. The zero-order chi connectivity index (χ0) is 13.5. The van der Waals surface area contributed by atoms with Crippen molar-refractivity contribution in [2.24, 2.45) is 0 Å². The summed E-state index contributed by atoms with van der Waals surface area (Å²) < 4.78 is 15.3. The van der Waals surface area contributed by atoms with Gasteiger partial charge in [-0.05, 0) is 6.07 Å². The van der Waals surface area contributed by atoms with Crippen LogP contribution in [-0.4, -0.2) is 38.5 Å². The van der Waals surface area contributed by atoms with Crippen LogP contribution in [0.5, 0.6) is 11.5 Å². The number of methoxy groups -OCH3 is 2. The molecule has 0 fully saturated rings. The lowest BCUT2D eigenvalue weighted by molar-refractivity contribution is -0.141. The summed E-state index contributed by atoms with van der Waals surface area (Å²) in [5.74, 6) is 0.580. The second-order valence-electron chi connectivity index (χ2n) is 3.79. The largest absolute Gasteiger partial charge is 0.497 e. The van der Waals surface area contributed by atoms with Crippen LogP contribution >= 0.6 is 0 Å². The van der Waals surface area contributed by atoms with E-state index in [1.807, 2.05) is 0 Å². The van der Waals surface area contributed by atoms with Gasteiger partial charge in [-0.3, -0.25) is 4.79 Å². The smallest absolute Gasteiger partial charge is 0.302 e. The Morgan fingerprint density at radius 2 is 2.06 bits per heavy atom. The number of ether oxygens (including phenoxy) is 3. The molecular weight excluding hydrogens is 236 g/mol. The zero-order valence-electron chi connectivity index (χ0n) is 10.8. The molecule has 0 aromatic heterocycles. The van der Waals surface area contributed by atoms with Gasteiger partial charge >= 0.3 is 5.97 Å². The van der Waals surface area contributed by atoms with Crippen LogP contribution < -0.4 is 9.47 Å². The molecule has 1 N–H and O–H groups in total. The number of carbonyl (C=O) groups is 1. The Bertz CT molecular complexity index is 402. The van der Waals surface area contributed by atoms with E-state index in [-0.39, 0.29) is 25.1 Å². The predicted molar refractivity (Wildman–Crippen MR) is 66.0 cm³/mol. The summed E-state index contributed by atoms with van der Waals surface area (Å²) in [6.45, 7) is 1.32. The lowest BCUT2D eigenvalue weighted by Crippen LogP contribution is -2.15. The Hall–Kier alpha value is -1.75. The van der Waals surface area contributed by atoms with Crippen molar-refractivity contribution in [2.75, 3.05) is 27.4 Å². The molecule has 0 spiro atoms. The maximum absolute atomic E-state index is 10.8. The molecule has 0 radical (unpaired) electrons. The third-order valence-corrected chi connectivity index (χ3v) is 2.59. The van der Waals surface area contributed by atoms with Crippen LogP contribution in [0.15, 0.2) is 18.2 Å². The molecule has 18 heavy (non-hydrogen) atoms. The fourth-order valence-corrected chi connectivity index (χ4v) is 1.61. The number of rotatable bonds is 6. The minimum atomic E-state index is -0.374. The van der Waals surface area contributed by atoms with Gasteiger partial charge in [-0.1, -0.05) is 6.07 Å². The highest BCUT2D eigenvalue weighted by Crippen LogP contribution is 2.30. The molecule has 100 valence electrons. The normalized spacial score (nSPS) is 11.8. The molecule has 5 heteroatoms. The van der Waals surface area contributed by atoms with E-state index in [1.54, 1.807) is 32.4 Å². The van der Waals surface area contributed by atoms with Crippen molar-refractivity contribution >= 4 is 5.97 Å². The first-order valence-corrected chi connectivity index (χ1v) is 5.58. The third-order valence-electron chi connectivity index (χ3n) is 2.59. The van der Waals surface area contributed by atoms with Gasteiger partial charge in [0.1, 0.15) is 18.1 Å². The molecule has 0 unspecified atom stereocenters. The van der Waals surface area contributed by atoms with Crippen molar-refractivity contribution in [1.82, 2.24) is 0 Å². The molecule has 1 aromatic rings. The van der Waals surface area contributed by atoms with E-state index in [9.17, 15) is 9.90 Å². The van der Waals surface area contributed by atoms with Crippen molar-refractivity contribution in [1.29, 1.82) is 0 Å². The number of aliphatic hydroxyl groups excluding tert-OH is 1. The minimum absolute atomic E-state index is 0.120. The summed E-state index contributed by atoms with van der Waals surface area (Å²) in [5.41, 5.74) is 0.780. The number of esters is 1. The van der Waals surface area contributed by atoms with Gasteiger partial charge in [-0.2, -0.15) is 0 Å². The van der Waals surface area contributed by atoms with E-state index < -0.39 is 0 Å². The summed E-state index contributed by atoms with van der Waals surface area (Å²) in [6.07, 6.45) is 0. The second kappa shape index (κ2) is 6.86. The van der Waals surface area contributed by atoms with Gasteiger partial charge in [0.15, 0.2) is 0 Å². The maximum Gasteiger partial charge on any atom is 0.302 e. The highest BCUT2D eigenvalue weighted by molar-refractivity contribution is 5.66. The van der Waals surface area contributed by atoms with Crippen LogP contribution in [0.4, 0.5) is 0 Å². The first kappa shape index (κ1) is 14.3. The molecule has 0 saturated carbocycles. The minimum Gasteiger partial charge on any atom is -0.497 e. The van der Waals surface area contributed by atoms with Crippen molar-refractivity contribution in [3.05, 3.63) is 23.8 Å². The van der Waals surface area contributed by atoms with Crippen molar-refractivity contribution < 1.29 is 24.1 Å². The molecule has 0 saturated heterocycles. The van der Waals surface area contributed by atoms with Gasteiger partial charge in [0.05, 0.1) is 20.8 Å². The van der Waals surface area contributed by atoms with Crippen LogP contribution in [-0.2, 0) is 9.53 Å². The molecule has 0 aliphatic carbocycles. The van der Waals surface area contributed by atoms with Crippen LogP contribution in [0.1, 0.15) is 18.4 Å². The van der Waals surface area contributed by atoms with E-state index in [2.05, 4.69) is 0 Å². The molecule has 1 atom stereocenters. The lowest BCUT2D eigenvalue weighted by Gasteiger charge is -2.18. The monoisotopic (exact) mass is 254 g/mol. The lowest BCUT2D eigenvalue weighted by atomic mass is 9.99. The van der Waals surface area contributed by atoms with Gasteiger partial charge in [0.25, 0.3) is 0 Å². The maximum atomic E-state index is 10.8. The Morgan fingerprint density at radius 3 is 2.56 bits per heavy atom. The zero-order valence-corrected chi connectivity index (χ0v) is 10.8. The molecule has 1 aromatic carbocycles. The summed E-state index contributed by atoms with van der Waals surface area (Å²) >= 11 is 0. The predicted octanol–water partition coefficient (Wildman–Crippen LogP) is 1.34. The Kier molecular flexibility index (Phi) is 5.45. The molecule has 0 aliphatic heterocycles. The van der Waals surface area contributed by atoms with Gasteiger partial charge in [0, 0.05) is 24.5 Å². The van der Waals surface area contributed by atoms with Gasteiger partial charge in [0.2, 0.25) is 0 Å². The van der Waals surface area contributed by atoms with Crippen LogP contribution in [0.3, 0.4) is 0 Å². The highest BCUT2D eigenvalue weighted by Gasteiger charge is 2.17. The van der Waals surface area contributed by atoms with E-state index in [0.717, 1.165) is 5.56 Å². The number of aliphatic hydroxyl groups is 1. The van der Waals surface area contributed by atoms with E-state index >= 15 is 0 Å². The first-order valence-electron chi connectivity index (χ1n) is 5.58. The molecule has 0 aliphatic rings. The molecule has 0 heterocycles. The third kappa shape index (κ3) is 3.63. The summed E-state index contributed by atoms with van der Waals surface area (Å²) in [4.78, 5) is 10.8. The van der Waals surface area contributed by atoms with E-state index in [4.69, 9.17) is 14.2 Å². The molecule has 5 nitrogen and oxygen atoms in total.